The Labute approximate surface area is 174 Å². The summed E-state index contributed by atoms with van der Waals surface area (Å²) in [5.41, 5.74) is 1.24. The molecule has 1 fully saturated rings. The van der Waals surface area contributed by atoms with Crippen molar-refractivity contribution >= 4 is 39.8 Å². The fraction of sp³-hybridized carbons (Fsp3) is 0.611. The number of benzene rings is 1. The second kappa shape index (κ2) is 9.77. The molecule has 8 heteroatoms. The van der Waals surface area contributed by atoms with E-state index in [1.165, 1.54) is 5.56 Å². The van der Waals surface area contributed by atoms with E-state index in [0.717, 1.165) is 31.1 Å². The summed E-state index contributed by atoms with van der Waals surface area (Å²) in [5, 5.41) is 3.35. The highest BCUT2D eigenvalue weighted by Gasteiger charge is 2.40. The van der Waals surface area contributed by atoms with Crippen molar-refractivity contribution in [1.82, 2.24) is 10.2 Å². The van der Waals surface area contributed by atoms with Crippen molar-refractivity contribution < 1.29 is 13.2 Å². The second-order valence-electron chi connectivity index (χ2n) is 6.93. The molecule has 0 unspecified atom stereocenters. The van der Waals surface area contributed by atoms with Crippen LogP contribution in [0.25, 0.3) is 0 Å². The van der Waals surface area contributed by atoms with E-state index in [1.54, 1.807) is 28.0 Å². The van der Waals surface area contributed by atoms with Crippen molar-refractivity contribution in [3.05, 3.63) is 29.8 Å². The minimum absolute atomic E-state index is 0. The van der Waals surface area contributed by atoms with Gasteiger partial charge in [0.25, 0.3) is 0 Å². The molecule has 0 radical (unpaired) electrons. The standard InChI is InChI=1S/C18H29N3O3S.HI/c1-18(2)14-21(11-12-25(18,22)23)17(19-3)20-10-6-8-15-7-5-9-16(13-15)24-4;/h5,7,9,13H,6,8,10-12,14H2,1-4H3,(H,19,20);1H. The van der Waals surface area contributed by atoms with Crippen molar-refractivity contribution in [3.63, 3.8) is 0 Å². The van der Waals surface area contributed by atoms with Crippen LogP contribution in [0.1, 0.15) is 25.8 Å². The van der Waals surface area contributed by atoms with E-state index in [1.807, 2.05) is 23.1 Å². The number of halogens is 1. The van der Waals surface area contributed by atoms with Crippen LogP contribution < -0.4 is 10.1 Å². The van der Waals surface area contributed by atoms with E-state index in [-0.39, 0.29) is 29.7 Å². The molecular weight excluding hydrogens is 465 g/mol. The largest absolute Gasteiger partial charge is 0.497 e. The summed E-state index contributed by atoms with van der Waals surface area (Å²) >= 11 is 0. The molecule has 1 aliphatic rings. The van der Waals surface area contributed by atoms with E-state index in [0.29, 0.717) is 13.1 Å². The van der Waals surface area contributed by atoms with Gasteiger partial charge in [-0.2, -0.15) is 0 Å². The van der Waals surface area contributed by atoms with Crippen molar-refractivity contribution in [3.8, 4) is 5.75 Å². The molecule has 0 saturated carbocycles. The van der Waals surface area contributed by atoms with E-state index < -0.39 is 14.6 Å². The number of rotatable bonds is 5. The smallest absolute Gasteiger partial charge is 0.193 e. The molecule has 1 aromatic rings. The summed E-state index contributed by atoms with van der Waals surface area (Å²) in [6.07, 6.45) is 1.91. The van der Waals surface area contributed by atoms with E-state index in [2.05, 4.69) is 16.4 Å². The molecule has 2 rings (SSSR count). The summed E-state index contributed by atoms with van der Waals surface area (Å²) < 4.78 is 28.8. The minimum Gasteiger partial charge on any atom is -0.497 e. The predicted octanol–water partition coefficient (Wildman–Crippen LogP) is 2.33. The first-order valence-corrected chi connectivity index (χ1v) is 10.2. The third kappa shape index (κ3) is 5.73. The van der Waals surface area contributed by atoms with Gasteiger partial charge >= 0.3 is 0 Å². The number of nitrogens with zero attached hydrogens (tertiary/aromatic N) is 2. The third-order valence-electron chi connectivity index (χ3n) is 4.61. The monoisotopic (exact) mass is 495 g/mol. The van der Waals surface area contributed by atoms with Crippen LogP contribution in [0.4, 0.5) is 0 Å². The summed E-state index contributed by atoms with van der Waals surface area (Å²) in [4.78, 5) is 6.35. The zero-order valence-electron chi connectivity index (χ0n) is 16.0. The number of aliphatic imine (C=N–C) groups is 1. The first-order valence-electron chi connectivity index (χ1n) is 8.60. The Hall–Kier alpha value is -1.03. The molecule has 0 aliphatic carbocycles. The maximum atomic E-state index is 12.1. The third-order valence-corrected chi connectivity index (χ3v) is 7.15. The number of aryl methyl sites for hydroxylation is 1. The predicted molar refractivity (Wildman–Crippen MR) is 118 cm³/mol. The molecule has 0 aromatic heterocycles. The van der Waals surface area contributed by atoms with Crippen LogP contribution >= 0.6 is 24.0 Å². The molecule has 1 heterocycles. The lowest BCUT2D eigenvalue weighted by Gasteiger charge is -2.39. The Morgan fingerprint density at radius 1 is 1.38 bits per heavy atom. The lowest BCUT2D eigenvalue weighted by Crippen LogP contribution is -2.57. The van der Waals surface area contributed by atoms with Crippen molar-refractivity contribution in [1.29, 1.82) is 0 Å². The van der Waals surface area contributed by atoms with Crippen molar-refractivity contribution in [2.45, 2.75) is 31.4 Å². The Balaban J connectivity index is 0.00000338. The highest BCUT2D eigenvalue weighted by molar-refractivity contribution is 14.0. The van der Waals surface area contributed by atoms with Crippen LogP contribution in [0.5, 0.6) is 5.75 Å². The van der Waals surface area contributed by atoms with Crippen molar-refractivity contribution in [2.75, 3.05) is 39.5 Å². The van der Waals surface area contributed by atoms with E-state index in [4.69, 9.17) is 4.74 Å². The number of hydrogen-bond acceptors (Lipinski definition) is 4. The molecule has 1 N–H and O–H groups in total. The molecule has 26 heavy (non-hydrogen) atoms. The minimum atomic E-state index is -3.04. The Morgan fingerprint density at radius 3 is 2.73 bits per heavy atom. The molecule has 0 amide bonds. The van der Waals surface area contributed by atoms with Gasteiger partial charge in [-0.3, -0.25) is 4.99 Å². The van der Waals surface area contributed by atoms with Gasteiger partial charge in [-0.25, -0.2) is 8.42 Å². The number of nitrogens with one attached hydrogen (secondary N) is 1. The van der Waals surface area contributed by atoms with Gasteiger partial charge in [0.2, 0.25) is 0 Å². The number of guanidine groups is 1. The summed E-state index contributed by atoms with van der Waals surface area (Å²) in [5.74, 6) is 1.82. The van der Waals surface area contributed by atoms with Crippen LogP contribution in [0, 0.1) is 0 Å². The molecule has 1 saturated heterocycles. The second-order valence-corrected chi connectivity index (χ2v) is 9.67. The highest BCUT2D eigenvalue weighted by atomic mass is 127. The van der Waals surface area contributed by atoms with Crippen LogP contribution in [0.2, 0.25) is 0 Å². The quantitative estimate of drug-likeness (QED) is 0.294. The maximum absolute atomic E-state index is 12.1. The van der Waals surface area contributed by atoms with Gasteiger partial charge in [0, 0.05) is 26.7 Å². The first-order chi connectivity index (χ1) is 11.8. The number of ether oxygens (including phenoxy) is 1. The maximum Gasteiger partial charge on any atom is 0.193 e. The SMILES string of the molecule is CN=C(NCCCc1cccc(OC)c1)N1CCS(=O)(=O)C(C)(C)C1.I. The molecule has 0 spiro atoms. The van der Waals surface area contributed by atoms with Gasteiger partial charge in [-0.1, -0.05) is 12.1 Å². The van der Waals surface area contributed by atoms with Gasteiger partial charge < -0.3 is 15.0 Å². The normalized spacial score (nSPS) is 18.8. The number of sulfone groups is 1. The summed E-state index contributed by atoms with van der Waals surface area (Å²) in [6, 6.07) is 8.08. The average molecular weight is 495 g/mol. The zero-order chi connectivity index (χ0) is 18.5. The van der Waals surface area contributed by atoms with Gasteiger partial charge in [0.05, 0.1) is 17.6 Å². The zero-order valence-corrected chi connectivity index (χ0v) is 19.1. The lowest BCUT2D eigenvalue weighted by molar-refractivity contribution is 0.353. The van der Waals surface area contributed by atoms with Crippen LogP contribution in [-0.4, -0.2) is 63.6 Å². The molecule has 148 valence electrons. The molecule has 1 aliphatic heterocycles. The molecule has 0 bridgehead atoms. The molecular formula is C18H30IN3O3S. The van der Waals surface area contributed by atoms with Gasteiger partial charge in [-0.15, -0.1) is 24.0 Å². The fourth-order valence-electron chi connectivity index (χ4n) is 2.98. The Morgan fingerprint density at radius 2 is 2.12 bits per heavy atom. The van der Waals surface area contributed by atoms with Gasteiger partial charge in [0.15, 0.2) is 15.8 Å². The lowest BCUT2D eigenvalue weighted by atomic mass is 10.1. The number of hydrogen-bond donors (Lipinski definition) is 1. The Bertz CT molecular complexity index is 720. The van der Waals surface area contributed by atoms with E-state index in [9.17, 15) is 8.42 Å². The highest BCUT2D eigenvalue weighted by Crippen LogP contribution is 2.23. The molecule has 6 nitrogen and oxygen atoms in total. The molecule has 1 aromatic carbocycles. The van der Waals surface area contributed by atoms with Gasteiger partial charge in [0.1, 0.15) is 5.75 Å². The van der Waals surface area contributed by atoms with E-state index >= 15 is 0 Å². The van der Waals surface area contributed by atoms with Crippen LogP contribution in [0.3, 0.4) is 0 Å². The fourth-order valence-corrected chi connectivity index (χ4v) is 4.34. The van der Waals surface area contributed by atoms with Gasteiger partial charge in [-0.05, 0) is 44.4 Å². The average Bonchev–Trinajstić information content (AvgIpc) is 2.58. The summed E-state index contributed by atoms with van der Waals surface area (Å²) in [6.45, 7) is 5.30. The first kappa shape index (κ1) is 23.0. The Kier molecular flexibility index (Phi) is 8.65. The number of methoxy groups -OCH3 is 1. The molecule has 0 atom stereocenters. The summed E-state index contributed by atoms with van der Waals surface area (Å²) in [7, 11) is 0.368. The van der Waals surface area contributed by atoms with Crippen molar-refractivity contribution in [2.24, 2.45) is 4.99 Å². The van der Waals surface area contributed by atoms with Crippen LogP contribution in [0.15, 0.2) is 29.3 Å². The topological polar surface area (TPSA) is 71.0 Å². The van der Waals surface area contributed by atoms with Crippen LogP contribution in [-0.2, 0) is 16.3 Å².